The fraction of sp³-hybridized carbons (Fsp3) is 0.167. The maximum absolute atomic E-state index is 4.04. The summed E-state index contributed by atoms with van der Waals surface area (Å²) in [7, 11) is -1.70. The van der Waals surface area contributed by atoms with E-state index >= 15 is 0 Å². The molecule has 25 heavy (non-hydrogen) atoms. The normalized spacial score (nSPS) is 12.9. The summed E-state index contributed by atoms with van der Waals surface area (Å²) >= 11 is 0. The summed E-state index contributed by atoms with van der Waals surface area (Å²) in [5.74, 6) is 0. The molecule has 0 heterocycles. The molecule has 0 nitrogen and oxygen atoms in total. The molecule has 2 aromatic rings. The summed E-state index contributed by atoms with van der Waals surface area (Å²) < 4.78 is 0. The first kappa shape index (κ1) is 18.9. The Kier molecular flexibility index (Phi) is 6.16. The van der Waals surface area contributed by atoms with Gasteiger partial charge in [0.1, 0.15) is 0 Å². The van der Waals surface area contributed by atoms with Gasteiger partial charge in [0.25, 0.3) is 0 Å². The van der Waals surface area contributed by atoms with Crippen molar-refractivity contribution in [2.75, 3.05) is 0 Å². The molecule has 0 bridgehead atoms. The smallest absolute Gasteiger partial charge is 0.0885 e. The third-order valence-corrected chi connectivity index (χ3v) is 9.65. The third kappa shape index (κ3) is 4.00. The minimum Gasteiger partial charge on any atom is -0.0985 e. The zero-order valence-electron chi connectivity index (χ0n) is 15.5. The zero-order valence-corrected chi connectivity index (χ0v) is 16.5. The van der Waals surface area contributed by atoms with Crippen LogP contribution in [0.1, 0.15) is 34.7 Å². The number of rotatable bonds is 8. The molecule has 2 aromatic carbocycles. The summed E-state index contributed by atoms with van der Waals surface area (Å²) in [5, 5.41) is 1.47. The van der Waals surface area contributed by atoms with Crippen molar-refractivity contribution in [3.8, 4) is 0 Å². The maximum atomic E-state index is 4.04. The monoisotopic (exact) mass is 344 g/mol. The molecule has 1 unspecified atom stereocenters. The van der Waals surface area contributed by atoms with E-state index in [2.05, 4.69) is 76.2 Å². The van der Waals surface area contributed by atoms with Crippen molar-refractivity contribution in [3.63, 3.8) is 0 Å². The van der Waals surface area contributed by atoms with Crippen molar-refractivity contribution in [3.05, 3.63) is 90.5 Å². The molecule has 0 aliphatic heterocycles. The summed E-state index contributed by atoms with van der Waals surface area (Å²) in [6.45, 7) is 20.6. The van der Waals surface area contributed by atoms with Crippen LogP contribution in [0.5, 0.6) is 0 Å². The summed E-state index contributed by atoms with van der Waals surface area (Å²) in [4.78, 5) is 0. The molecular formula is C24H28Si. The first-order valence-electron chi connectivity index (χ1n) is 8.78. The van der Waals surface area contributed by atoms with E-state index in [1.54, 1.807) is 0 Å². The van der Waals surface area contributed by atoms with E-state index in [1.165, 1.54) is 27.9 Å². The van der Waals surface area contributed by atoms with Gasteiger partial charge in [-0.05, 0) is 46.0 Å². The van der Waals surface area contributed by atoms with E-state index in [4.69, 9.17) is 0 Å². The number of hydrogen-bond donors (Lipinski definition) is 0. The van der Waals surface area contributed by atoms with E-state index in [9.17, 15) is 0 Å². The number of hydrogen-bond acceptors (Lipinski definition) is 0. The molecule has 0 spiro atoms. The lowest BCUT2D eigenvalue weighted by Gasteiger charge is -2.29. The maximum Gasteiger partial charge on any atom is 0.0885 e. The Morgan fingerprint density at radius 2 is 1.36 bits per heavy atom. The second kappa shape index (κ2) is 8.13. The van der Waals surface area contributed by atoms with Crippen LogP contribution in [0.2, 0.25) is 12.6 Å². The predicted molar refractivity (Wildman–Crippen MR) is 119 cm³/mol. The highest BCUT2D eigenvalue weighted by Gasteiger charge is 2.30. The van der Waals surface area contributed by atoms with E-state index < -0.39 is 8.07 Å². The Morgan fingerprint density at radius 3 is 1.88 bits per heavy atom. The summed E-state index contributed by atoms with van der Waals surface area (Å²) in [6.07, 6.45) is 7.73. The molecule has 0 amide bonds. The van der Waals surface area contributed by atoms with Crippen molar-refractivity contribution in [2.45, 2.75) is 25.6 Å². The molecule has 0 radical (unpaired) electrons. The lowest BCUT2D eigenvalue weighted by atomic mass is 10.1. The average molecular weight is 345 g/mol. The minimum absolute atomic E-state index is 1.09. The lowest BCUT2D eigenvalue weighted by molar-refractivity contribution is 1.24. The molecule has 2 rings (SSSR count). The van der Waals surface area contributed by atoms with Crippen LogP contribution in [0, 0.1) is 0 Å². The topological polar surface area (TPSA) is 0 Å². The van der Waals surface area contributed by atoms with Crippen LogP contribution < -0.4 is 5.19 Å². The molecule has 128 valence electrons. The molecule has 0 aromatic heterocycles. The van der Waals surface area contributed by atoms with E-state index in [1.807, 2.05) is 24.3 Å². The van der Waals surface area contributed by atoms with Gasteiger partial charge in [-0.25, -0.2) is 0 Å². The van der Waals surface area contributed by atoms with Crippen LogP contribution in [-0.2, 0) is 6.04 Å². The third-order valence-electron chi connectivity index (χ3n) is 5.17. The molecule has 0 N–H and O–H groups in total. The van der Waals surface area contributed by atoms with Gasteiger partial charge in [-0.15, -0.1) is 0 Å². The fourth-order valence-corrected chi connectivity index (χ4v) is 6.69. The molecule has 1 atom stereocenters. The highest BCUT2D eigenvalue weighted by Crippen LogP contribution is 2.24. The van der Waals surface area contributed by atoms with Gasteiger partial charge < -0.3 is 0 Å². The highest BCUT2D eigenvalue weighted by molar-refractivity contribution is 6.90. The fourth-order valence-electron chi connectivity index (χ4n) is 3.35. The SMILES string of the molecule is C=Cc1ccc(C[Si](C)(CC)c2ccc(C=C)cc2C=C)c(C=C)c1. The Balaban J connectivity index is 2.51. The Morgan fingerprint density at radius 1 is 0.800 bits per heavy atom. The minimum atomic E-state index is -1.70. The molecule has 1 heteroatoms. The van der Waals surface area contributed by atoms with Crippen molar-refractivity contribution >= 4 is 37.6 Å². The predicted octanol–water partition coefficient (Wildman–Crippen LogP) is 6.35. The largest absolute Gasteiger partial charge is 0.0985 e. The van der Waals surface area contributed by atoms with Gasteiger partial charge in [-0.1, -0.05) is 99.6 Å². The molecule has 0 saturated carbocycles. The van der Waals surface area contributed by atoms with Gasteiger partial charge in [0.15, 0.2) is 0 Å². The van der Waals surface area contributed by atoms with E-state index in [-0.39, 0.29) is 0 Å². The number of benzene rings is 2. The Hall–Kier alpha value is -2.38. The van der Waals surface area contributed by atoms with Gasteiger partial charge in [0, 0.05) is 0 Å². The van der Waals surface area contributed by atoms with Crippen LogP contribution in [0.25, 0.3) is 24.3 Å². The van der Waals surface area contributed by atoms with Gasteiger partial charge in [0.2, 0.25) is 0 Å². The summed E-state index contributed by atoms with van der Waals surface area (Å²) in [6, 6.07) is 15.5. The van der Waals surface area contributed by atoms with E-state index in [0.29, 0.717) is 0 Å². The van der Waals surface area contributed by atoms with Crippen molar-refractivity contribution in [1.82, 2.24) is 0 Å². The Bertz CT molecular complexity index is 813. The molecule has 0 aliphatic carbocycles. The standard InChI is InChI=1S/C24H28Si/c1-7-19-12-14-23(21(9-3)16-19)18-25(6,11-5)24-15-13-20(8-2)17-22(24)10-4/h7-10,12-17H,1-4,11,18H2,5-6H3. The molecule has 0 fully saturated rings. The van der Waals surface area contributed by atoms with Gasteiger partial charge in [-0.3, -0.25) is 0 Å². The quantitative estimate of drug-likeness (QED) is 0.490. The van der Waals surface area contributed by atoms with Crippen molar-refractivity contribution in [1.29, 1.82) is 0 Å². The van der Waals surface area contributed by atoms with Gasteiger partial charge >= 0.3 is 0 Å². The zero-order chi connectivity index (χ0) is 18.4. The second-order valence-corrected chi connectivity index (χ2v) is 11.4. The van der Waals surface area contributed by atoms with Crippen LogP contribution in [0.15, 0.2) is 62.7 Å². The van der Waals surface area contributed by atoms with Crippen LogP contribution >= 0.6 is 0 Å². The van der Waals surface area contributed by atoms with Gasteiger partial charge in [-0.2, -0.15) is 0 Å². The van der Waals surface area contributed by atoms with Gasteiger partial charge in [0.05, 0.1) is 8.07 Å². The molecule has 0 saturated heterocycles. The second-order valence-electron chi connectivity index (χ2n) is 6.71. The Labute approximate surface area is 153 Å². The van der Waals surface area contributed by atoms with Crippen LogP contribution in [0.3, 0.4) is 0 Å². The average Bonchev–Trinajstić information content (AvgIpc) is 2.67. The first-order valence-corrected chi connectivity index (χ1v) is 11.7. The molecule has 0 aliphatic rings. The molecular weight excluding hydrogens is 316 g/mol. The van der Waals surface area contributed by atoms with Crippen molar-refractivity contribution < 1.29 is 0 Å². The van der Waals surface area contributed by atoms with E-state index in [0.717, 1.165) is 17.2 Å². The first-order chi connectivity index (χ1) is 12.0. The lowest BCUT2D eigenvalue weighted by Crippen LogP contribution is -2.48. The summed E-state index contributed by atoms with van der Waals surface area (Å²) in [5.41, 5.74) is 6.12. The van der Waals surface area contributed by atoms with Crippen LogP contribution in [-0.4, -0.2) is 8.07 Å². The highest BCUT2D eigenvalue weighted by atomic mass is 28.3. The van der Waals surface area contributed by atoms with Crippen molar-refractivity contribution in [2.24, 2.45) is 0 Å². The van der Waals surface area contributed by atoms with Crippen LogP contribution in [0.4, 0.5) is 0 Å².